The van der Waals surface area contributed by atoms with Gasteiger partial charge in [-0.05, 0) is 61.0 Å². The Hall–Kier alpha value is -0.540. The summed E-state index contributed by atoms with van der Waals surface area (Å²) in [4.78, 5) is 1.34. The topological polar surface area (TPSA) is 12.0 Å². The number of hydrogen-bond donors (Lipinski definition) is 1. The van der Waals surface area contributed by atoms with Crippen LogP contribution < -0.4 is 5.32 Å². The van der Waals surface area contributed by atoms with Gasteiger partial charge < -0.3 is 5.32 Å². The maximum Gasteiger partial charge on any atom is 0.0595 e. The lowest BCUT2D eigenvalue weighted by molar-refractivity contribution is 0.530. The van der Waals surface area contributed by atoms with Gasteiger partial charge in [-0.1, -0.05) is 36.2 Å². The van der Waals surface area contributed by atoms with Crippen molar-refractivity contribution in [2.24, 2.45) is 0 Å². The molecule has 108 valence electrons. The average molecular weight is 328 g/mol. The van der Waals surface area contributed by atoms with Gasteiger partial charge >= 0.3 is 0 Å². The van der Waals surface area contributed by atoms with E-state index in [1.807, 2.05) is 18.2 Å². The zero-order chi connectivity index (χ0) is 14.5. The maximum absolute atomic E-state index is 6.10. The molecule has 0 aliphatic carbocycles. The predicted molar refractivity (Wildman–Crippen MR) is 90.3 cm³/mol. The summed E-state index contributed by atoms with van der Waals surface area (Å²) in [5.74, 6) is 0. The first-order valence-corrected chi connectivity index (χ1v) is 8.46. The van der Waals surface area contributed by atoms with Crippen molar-refractivity contribution in [3.05, 3.63) is 55.7 Å². The molecule has 1 nitrogen and oxygen atoms in total. The van der Waals surface area contributed by atoms with E-state index in [4.69, 9.17) is 23.2 Å². The van der Waals surface area contributed by atoms with Crippen LogP contribution in [-0.4, -0.2) is 6.54 Å². The van der Waals surface area contributed by atoms with Gasteiger partial charge in [-0.3, -0.25) is 0 Å². The summed E-state index contributed by atoms with van der Waals surface area (Å²) in [7, 11) is 0. The summed E-state index contributed by atoms with van der Waals surface area (Å²) in [6.45, 7) is 5.34. The first-order chi connectivity index (χ1) is 9.60. The number of aryl methyl sites for hydroxylation is 1. The van der Waals surface area contributed by atoms with E-state index in [2.05, 4.69) is 30.6 Å². The van der Waals surface area contributed by atoms with Crippen molar-refractivity contribution in [1.29, 1.82) is 0 Å². The highest BCUT2D eigenvalue weighted by atomic mass is 35.5. The van der Waals surface area contributed by atoms with Crippen molar-refractivity contribution in [2.75, 3.05) is 6.54 Å². The van der Waals surface area contributed by atoms with Gasteiger partial charge in [0.25, 0.3) is 0 Å². The second-order valence-electron chi connectivity index (χ2n) is 4.95. The lowest BCUT2D eigenvalue weighted by atomic mass is 10.0. The minimum absolute atomic E-state index is 0.331. The molecule has 1 unspecified atom stereocenters. The Labute approximate surface area is 134 Å². The molecular weight excluding hydrogens is 309 g/mol. The van der Waals surface area contributed by atoms with E-state index in [1.54, 1.807) is 11.3 Å². The van der Waals surface area contributed by atoms with Crippen LogP contribution >= 0.6 is 34.5 Å². The van der Waals surface area contributed by atoms with Gasteiger partial charge in [0, 0.05) is 10.9 Å². The fraction of sp³-hybridized carbons (Fsp3) is 0.375. The van der Waals surface area contributed by atoms with E-state index in [0.29, 0.717) is 16.1 Å². The molecule has 0 radical (unpaired) electrons. The molecule has 0 aliphatic rings. The van der Waals surface area contributed by atoms with Crippen LogP contribution in [0, 0.1) is 6.92 Å². The average Bonchev–Trinajstić information content (AvgIpc) is 2.85. The molecule has 4 heteroatoms. The Morgan fingerprint density at radius 1 is 1.20 bits per heavy atom. The maximum atomic E-state index is 6.10. The zero-order valence-electron chi connectivity index (χ0n) is 11.7. The second-order valence-corrected chi connectivity index (χ2v) is 6.88. The Morgan fingerprint density at radius 3 is 2.60 bits per heavy atom. The van der Waals surface area contributed by atoms with Crippen LogP contribution in [0.2, 0.25) is 10.0 Å². The fourth-order valence-corrected chi connectivity index (χ4v) is 3.25. The molecule has 0 aliphatic heterocycles. The smallest absolute Gasteiger partial charge is 0.0595 e. The quantitative estimate of drug-likeness (QED) is 0.723. The molecular formula is C16H19Cl2NS. The van der Waals surface area contributed by atoms with Gasteiger partial charge in [-0.25, -0.2) is 0 Å². The molecule has 1 heterocycles. The van der Waals surface area contributed by atoms with E-state index in [9.17, 15) is 0 Å². The molecule has 1 aromatic heterocycles. The largest absolute Gasteiger partial charge is 0.310 e. The Kier molecular flexibility index (Phi) is 5.91. The van der Waals surface area contributed by atoms with Crippen LogP contribution in [0.1, 0.15) is 35.4 Å². The molecule has 0 fully saturated rings. The first kappa shape index (κ1) is 15.8. The highest BCUT2D eigenvalue weighted by molar-refractivity contribution is 7.10. The fourth-order valence-electron chi connectivity index (χ4n) is 2.18. The molecule has 2 aromatic rings. The summed E-state index contributed by atoms with van der Waals surface area (Å²) in [5, 5.41) is 7.08. The van der Waals surface area contributed by atoms with Crippen molar-refractivity contribution in [2.45, 2.75) is 32.7 Å². The molecule has 2 rings (SSSR count). The van der Waals surface area contributed by atoms with Crippen LogP contribution in [0.15, 0.2) is 29.6 Å². The number of hydrogen-bond acceptors (Lipinski definition) is 2. The molecule has 0 saturated heterocycles. The third-order valence-corrected chi connectivity index (χ3v) is 4.84. The molecule has 1 aromatic carbocycles. The van der Waals surface area contributed by atoms with Crippen molar-refractivity contribution >= 4 is 34.5 Å². The summed E-state index contributed by atoms with van der Waals surface area (Å²) >= 11 is 13.9. The molecule has 1 atom stereocenters. The van der Waals surface area contributed by atoms with Crippen LogP contribution in [0.4, 0.5) is 0 Å². The monoisotopic (exact) mass is 327 g/mol. The van der Waals surface area contributed by atoms with Gasteiger partial charge in [-0.15, -0.1) is 11.3 Å². The molecule has 1 N–H and O–H groups in total. The number of halogens is 2. The standard InChI is InChI=1S/C16H19Cl2NS/c1-3-6-19-16(13-7-11(2)20-10-13)9-12-4-5-14(17)15(18)8-12/h4-5,7-8,10,16,19H,3,6,9H2,1-2H3. The van der Waals surface area contributed by atoms with Gasteiger partial charge in [0.15, 0.2) is 0 Å². The van der Waals surface area contributed by atoms with Crippen LogP contribution in [0.3, 0.4) is 0 Å². The molecule has 0 amide bonds. The van der Waals surface area contributed by atoms with E-state index in [0.717, 1.165) is 19.4 Å². The Balaban J connectivity index is 2.16. The number of rotatable bonds is 6. The van der Waals surface area contributed by atoms with Gasteiger partial charge in [0.1, 0.15) is 0 Å². The van der Waals surface area contributed by atoms with Crippen molar-refractivity contribution in [3.8, 4) is 0 Å². The Bertz CT molecular complexity index is 565. The minimum Gasteiger partial charge on any atom is -0.310 e. The zero-order valence-corrected chi connectivity index (χ0v) is 14.1. The summed E-state index contributed by atoms with van der Waals surface area (Å²) in [6, 6.07) is 8.47. The van der Waals surface area contributed by atoms with Crippen molar-refractivity contribution in [1.82, 2.24) is 5.32 Å². The summed E-state index contributed by atoms with van der Waals surface area (Å²) in [6.07, 6.45) is 2.05. The normalized spacial score (nSPS) is 12.6. The lowest BCUT2D eigenvalue weighted by Gasteiger charge is -2.18. The Morgan fingerprint density at radius 2 is 2.00 bits per heavy atom. The van der Waals surface area contributed by atoms with Gasteiger partial charge in [-0.2, -0.15) is 0 Å². The third kappa shape index (κ3) is 4.23. The number of thiophene rings is 1. The van der Waals surface area contributed by atoms with E-state index >= 15 is 0 Å². The highest BCUT2D eigenvalue weighted by Crippen LogP contribution is 2.27. The second kappa shape index (κ2) is 7.46. The van der Waals surface area contributed by atoms with Gasteiger partial charge in [0.05, 0.1) is 10.0 Å². The van der Waals surface area contributed by atoms with E-state index < -0.39 is 0 Å². The van der Waals surface area contributed by atoms with Crippen LogP contribution in [-0.2, 0) is 6.42 Å². The first-order valence-electron chi connectivity index (χ1n) is 6.82. The van der Waals surface area contributed by atoms with E-state index in [-0.39, 0.29) is 0 Å². The predicted octanol–water partition coefficient (Wildman–Crippen LogP) is 5.65. The molecule has 20 heavy (non-hydrogen) atoms. The number of nitrogens with one attached hydrogen (secondary N) is 1. The van der Waals surface area contributed by atoms with Gasteiger partial charge in [0.2, 0.25) is 0 Å². The van der Waals surface area contributed by atoms with Crippen LogP contribution in [0.5, 0.6) is 0 Å². The third-order valence-electron chi connectivity index (χ3n) is 3.22. The van der Waals surface area contributed by atoms with Crippen molar-refractivity contribution in [3.63, 3.8) is 0 Å². The summed E-state index contributed by atoms with van der Waals surface area (Å²) < 4.78 is 0. The molecule has 0 saturated carbocycles. The molecule has 0 spiro atoms. The minimum atomic E-state index is 0.331. The number of benzene rings is 1. The van der Waals surface area contributed by atoms with E-state index in [1.165, 1.54) is 16.0 Å². The molecule has 0 bridgehead atoms. The lowest BCUT2D eigenvalue weighted by Crippen LogP contribution is -2.23. The highest BCUT2D eigenvalue weighted by Gasteiger charge is 2.13. The SMILES string of the molecule is CCCNC(Cc1ccc(Cl)c(Cl)c1)c1csc(C)c1. The van der Waals surface area contributed by atoms with Crippen molar-refractivity contribution < 1.29 is 0 Å². The summed E-state index contributed by atoms with van der Waals surface area (Å²) in [5.41, 5.74) is 2.56. The van der Waals surface area contributed by atoms with Crippen LogP contribution in [0.25, 0.3) is 0 Å².